The summed E-state index contributed by atoms with van der Waals surface area (Å²) in [6.07, 6.45) is 1.87. The van der Waals surface area contributed by atoms with Gasteiger partial charge in [0, 0.05) is 37.1 Å². The fourth-order valence-corrected chi connectivity index (χ4v) is 4.31. The molecule has 0 spiro atoms. The molecule has 0 aliphatic rings. The third kappa shape index (κ3) is 6.01. The number of hydrogen-bond donors (Lipinski definition) is 2. The lowest BCUT2D eigenvalue weighted by Crippen LogP contribution is -2.21. The molecule has 2 N–H and O–H groups in total. The summed E-state index contributed by atoms with van der Waals surface area (Å²) in [6, 6.07) is 22.4. The van der Waals surface area contributed by atoms with Crippen molar-refractivity contribution in [1.82, 2.24) is 19.5 Å². The highest BCUT2D eigenvalue weighted by Crippen LogP contribution is 2.29. The highest BCUT2D eigenvalue weighted by molar-refractivity contribution is 5.96. The first-order valence-corrected chi connectivity index (χ1v) is 12.9. The number of carbonyl (C=O) groups excluding carboxylic acids is 2. The average molecular weight is 553 g/mol. The number of halogens is 1. The van der Waals surface area contributed by atoms with Crippen LogP contribution in [0.4, 0.5) is 21.7 Å². The van der Waals surface area contributed by atoms with Gasteiger partial charge in [-0.2, -0.15) is 4.98 Å². The predicted octanol–water partition coefficient (Wildman–Crippen LogP) is 5.73. The molecular weight excluding hydrogens is 523 g/mol. The molecule has 0 saturated heterocycles. The summed E-state index contributed by atoms with van der Waals surface area (Å²) in [5, 5.41) is 10.6. The van der Waals surface area contributed by atoms with Crippen molar-refractivity contribution < 1.29 is 18.7 Å². The second-order valence-corrected chi connectivity index (χ2v) is 9.74. The third-order valence-corrected chi connectivity index (χ3v) is 6.68. The average Bonchev–Trinajstić information content (AvgIpc) is 3.39. The molecule has 41 heavy (non-hydrogen) atoms. The van der Waals surface area contributed by atoms with Crippen molar-refractivity contribution in [3.63, 3.8) is 0 Å². The Morgan fingerprint density at radius 3 is 2.34 bits per heavy atom. The van der Waals surface area contributed by atoms with Gasteiger partial charge in [-0.05, 0) is 72.6 Å². The number of methoxy groups -OCH3 is 1. The van der Waals surface area contributed by atoms with Crippen LogP contribution in [0.2, 0.25) is 0 Å². The number of rotatable bonds is 8. The molecule has 9 nitrogen and oxygen atoms in total. The standard InChI is InChI=1S/C31H29FN6O3/c1-19(20-5-11-24(32)12-6-20)29(39)33-25-13-7-21(8-14-25)23-10-16-28-35-31(36-38(28)18-23)34-26-15-9-22(17-27(26)41-4)30(40)37(2)3/h5-19H,1-4H3,(H,33,39)(H,34,36). The minimum Gasteiger partial charge on any atom is -0.495 e. The number of anilines is 3. The zero-order valence-electron chi connectivity index (χ0n) is 23.1. The van der Waals surface area contributed by atoms with Crippen molar-refractivity contribution in [3.8, 4) is 16.9 Å². The van der Waals surface area contributed by atoms with Gasteiger partial charge in [0.15, 0.2) is 5.65 Å². The molecular formula is C31H29FN6O3. The van der Waals surface area contributed by atoms with Gasteiger partial charge in [0.25, 0.3) is 5.91 Å². The summed E-state index contributed by atoms with van der Waals surface area (Å²) in [7, 11) is 4.93. The van der Waals surface area contributed by atoms with Crippen LogP contribution in [0, 0.1) is 5.82 Å². The molecule has 2 heterocycles. The largest absolute Gasteiger partial charge is 0.495 e. The Kier molecular flexibility index (Phi) is 7.64. The van der Waals surface area contributed by atoms with Crippen LogP contribution in [-0.2, 0) is 4.79 Å². The molecule has 0 bridgehead atoms. The van der Waals surface area contributed by atoms with Gasteiger partial charge in [0.2, 0.25) is 11.9 Å². The lowest BCUT2D eigenvalue weighted by molar-refractivity contribution is -0.117. The molecule has 0 radical (unpaired) electrons. The van der Waals surface area contributed by atoms with E-state index in [0.717, 1.165) is 16.7 Å². The minimum atomic E-state index is -0.425. The Bertz CT molecular complexity index is 1710. The first-order chi connectivity index (χ1) is 19.7. The first kappa shape index (κ1) is 27.3. The molecule has 1 unspecified atom stereocenters. The van der Waals surface area contributed by atoms with E-state index in [-0.39, 0.29) is 17.6 Å². The second kappa shape index (κ2) is 11.5. The van der Waals surface area contributed by atoms with Crippen LogP contribution in [0.25, 0.3) is 16.8 Å². The van der Waals surface area contributed by atoms with Crippen LogP contribution in [-0.4, -0.2) is 52.5 Å². The maximum atomic E-state index is 13.2. The number of carbonyl (C=O) groups is 2. The Hall–Kier alpha value is -5.25. The fraction of sp³-hybridized carbons (Fsp3) is 0.161. The zero-order chi connectivity index (χ0) is 29.1. The van der Waals surface area contributed by atoms with Crippen LogP contribution in [0.1, 0.15) is 28.8 Å². The van der Waals surface area contributed by atoms with Crippen LogP contribution in [0.5, 0.6) is 5.75 Å². The van der Waals surface area contributed by atoms with E-state index >= 15 is 0 Å². The molecule has 3 aromatic carbocycles. The van der Waals surface area contributed by atoms with E-state index in [9.17, 15) is 14.0 Å². The highest BCUT2D eigenvalue weighted by atomic mass is 19.1. The van der Waals surface area contributed by atoms with Crippen LogP contribution in [0.3, 0.4) is 0 Å². The summed E-state index contributed by atoms with van der Waals surface area (Å²) in [5.41, 5.74) is 5.04. The summed E-state index contributed by atoms with van der Waals surface area (Å²) < 4.78 is 20.4. The minimum absolute atomic E-state index is 0.122. The Labute approximate surface area is 236 Å². The monoisotopic (exact) mass is 552 g/mol. The van der Waals surface area contributed by atoms with Crippen molar-refractivity contribution in [1.29, 1.82) is 0 Å². The predicted molar refractivity (Wildman–Crippen MR) is 156 cm³/mol. The fourth-order valence-electron chi connectivity index (χ4n) is 4.31. The third-order valence-electron chi connectivity index (χ3n) is 6.68. The van der Waals surface area contributed by atoms with E-state index in [2.05, 4.69) is 20.7 Å². The highest BCUT2D eigenvalue weighted by Gasteiger charge is 2.16. The number of hydrogen-bond acceptors (Lipinski definition) is 6. The van der Waals surface area contributed by atoms with Crippen molar-refractivity contribution in [3.05, 3.63) is 102 Å². The Balaban J connectivity index is 1.29. The normalized spacial score (nSPS) is 11.6. The van der Waals surface area contributed by atoms with Crippen LogP contribution in [0.15, 0.2) is 85.1 Å². The molecule has 1 atom stereocenters. The summed E-state index contributed by atoms with van der Waals surface area (Å²) >= 11 is 0. The number of amides is 2. The number of pyridine rings is 1. The van der Waals surface area contributed by atoms with E-state index < -0.39 is 5.92 Å². The van der Waals surface area contributed by atoms with E-state index in [1.807, 2.05) is 42.6 Å². The smallest absolute Gasteiger partial charge is 0.253 e. The van der Waals surface area contributed by atoms with Crippen molar-refractivity contribution in [2.24, 2.45) is 0 Å². The zero-order valence-corrected chi connectivity index (χ0v) is 23.1. The molecule has 0 aliphatic heterocycles. The number of fused-ring (bicyclic) bond motifs is 1. The lowest BCUT2D eigenvalue weighted by Gasteiger charge is -2.13. The second-order valence-electron chi connectivity index (χ2n) is 9.74. The topological polar surface area (TPSA) is 101 Å². The molecule has 0 fully saturated rings. The van der Waals surface area contributed by atoms with E-state index in [0.29, 0.717) is 34.3 Å². The number of benzene rings is 3. The number of nitrogens with zero attached hydrogens (tertiary/aromatic N) is 4. The van der Waals surface area contributed by atoms with Gasteiger partial charge in [-0.25, -0.2) is 8.91 Å². The number of ether oxygens (including phenoxy) is 1. The molecule has 5 aromatic rings. The Morgan fingerprint density at radius 2 is 1.66 bits per heavy atom. The summed E-state index contributed by atoms with van der Waals surface area (Å²) in [5.74, 6) is -0.187. The van der Waals surface area contributed by atoms with E-state index in [4.69, 9.17) is 4.74 Å². The van der Waals surface area contributed by atoms with Crippen molar-refractivity contribution >= 4 is 34.8 Å². The lowest BCUT2D eigenvalue weighted by atomic mass is 10.00. The number of nitrogens with one attached hydrogen (secondary N) is 2. The van der Waals surface area contributed by atoms with Gasteiger partial charge >= 0.3 is 0 Å². The molecule has 5 rings (SSSR count). The van der Waals surface area contributed by atoms with E-state index in [1.54, 1.807) is 55.9 Å². The molecule has 2 aromatic heterocycles. The summed E-state index contributed by atoms with van der Waals surface area (Å²) in [6.45, 7) is 1.78. The van der Waals surface area contributed by atoms with Gasteiger partial charge in [0.05, 0.1) is 18.7 Å². The van der Waals surface area contributed by atoms with Gasteiger partial charge in [-0.3, -0.25) is 9.59 Å². The maximum Gasteiger partial charge on any atom is 0.253 e. The molecule has 2 amide bonds. The number of aromatic nitrogens is 3. The summed E-state index contributed by atoms with van der Waals surface area (Å²) in [4.78, 5) is 31.0. The van der Waals surface area contributed by atoms with Crippen molar-refractivity contribution in [2.45, 2.75) is 12.8 Å². The Morgan fingerprint density at radius 1 is 0.951 bits per heavy atom. The van der Waals surface area contributed by atoms with Gasteiger partial charge in [-0.15, -0.1) is 5.10 Å². The van der Waals surface area contributed by atoms with Crippen LogP contribution >= 0.6 is 0 Å². The molecule has 0 aliphatic carbocycles. The van der Waals surface area contributed by atoms with E-state index in [1.165, 1.54) is 24.1 Å². The molecule has 0 saturated carbocycles. The molecule has 10 heteroatoms. The van der Waals surface area contributed by atoms with Gasteiger partial charge < -0.3 is 20.3 Å². The van der Waals surface area contributed by atoms with Crippen molar-refractivity contribution in [2.75, 3.05) is 31.8 Å². The van der Waals surface area contributed by atoms with Gasteiger partial charge in [0.1, 0.15) is 11.6 Å². The SMILES string of the molecule is COc1cc(C(=O)N(C)C)ccc1Nc1nc2ccc(-c3ccc(NC(=O)C(C)c4ccc(F)cc4)cc3)cn2n1. The quantitative estimate of drug-likeness (QED) is 0.255. The first-order valence-electron chi connectivity index (χ1n) is 12.9. The maximum absolute atomic E-state index is 13.2. The molecule has 208 valence electrons. The van der Waals surface area contributed by atoms with Crippen LogP contribution < -0.4 is 15.4 Å². The van der Waals surface area contributed by atoms with Gasteiger partial charge in [-0.1, -0.05) is 24.3 Å².